The molecule has 1 fully saturated rings. The first-order chi connectivity index (χ1) is 14.3. The average Bonchev–Trinajstić information content (AvgIpc) is 2.99. The molecule has 0 saturated carbocycles. The number of nitrogens with one attached hydrogen (secondary N) is 1. The second-order valence-corrected chi connectivity index (χ2v) is 7.86. The van der Waals surface area contributed by atoms with E-state index in [-0.39, 0.29) is 34.8 Å². The molecule has 30 heavy (non-hydrogen) atoms. The zero-order valence-electron chi connectivity index (χ0n) is 16.6. The number of benzene rings is 2. The zero-order valence-corrected chi connectivity index (χ0v) is 16.6. The molecule has 0 radical (unpaired) electrons. The molecule has 2 aromatic rings. The Morgan fingerprint density at radius 3 is 2.60 bits per heavy atom. The lowest BCUT2D eigenvalue weighted by molar-refractivity contribution is -0.0257. The second-order valence-electron chi connectivity index (χ2n) is 7.86. The maximum absolute atomic E-state index is 14.8. The Balaban J connectivity index is 1.56. The van der Waals surface area contributed by atoms with Gasteiger partial charge in [-0.1, -0.05) is 12.0 Å². The molecule has 1 N–H and O–H groups in total. The number of hydrogen-bond donors (Lipinski definition) is 1. The van der Waals surface area contributed by atoms with Crippen molar-refractivity contribution < 1.29 is 18.0 Å². The summed E-state index contributed by atoms with van der Waals surface area (Å²) >= 11 is 0. The maximum Gasteiger partial charge on any atom is 0.275 e. The van der Waals surface area contributed by atoms with E-state index in [1.807, 2.05) is 7.05 Å². The molecular formula is C23H22F3N3O. The molecule has 1 aliphatic heterocycles. The number of hydrogen-bond acceptors (Lipinski definition) is 3. The molecule has 0 spiro atoms. The molecule has 1 amide bonds. The summed E-state index contributed by atoms with van der Waals surface area (Å²) in [5.41, 5.74) is 0.959. The van der Waals surface area contributed by atoms with Crippen molar-refractivity contribution in [2.45, 2.75) is 18.4 Å². The number of terminal acetylenes is 1. The molecule has 1 atom stereocenters. The minimum Gasteiger partial charge on any atom is -0.322 e. The third kappa shape index (κ3) is 3.81. The highest BCUT2D eigenvalue weighted by Gasteiger charge is 2.47. The van der Waals surface area contributed by atoms with E-state index < -0.39 is 17.6 Å². The molecule has 0 aromatic heterocycles. The highest BCUT2D eigenvalue weighted by atomic mass is 19.3. The highest BCUT2D eigenvalue weighted by Crippen LogP contribution is 2.50. The van der Waals surface area contributed by atoms with Gasteiger partial charge in [-0.2, -0.15) is 0 Å². The van der Waals surface area contributed by atoms with E-state index in [1.165, 1.54) is 18.2 Å². The van der Waals surface area contributed by atoms with Crippen LogP contribution in [0.3, 0.4) is 0 Å². The molecule has 1 unspecified atom stereocenters. The summed E-state index contributed by atoms with van der Waals surface area (Å²) in [5.74, 6) is -1.92. The van der Waals surface area contributed by atoms with Gasteiger partial charge in [-0.15, -0.1) is 6.42 Å². The summed E-state index contributed by atoms with van der Waals surface area (Å²) in [6.07, 6.45) is 4.98. The van der Waals surface area contributed by atoms with E-state index in [0.29, 0.717) is 5.56 Å². The van der Waals surface area contributed by atoms with Crippen LogP contribution >= 0.6 is 0 Å². The third-order valence-electron chi connectivity index (χ3n) is 5.88. The summed E-state index contributed by atoms with van der Waals surface area (Å²) in [4.78, 5) is 16.8. The van der Waals surface area contributed by atoms with Crippen molar-refractivity contribution in [1.29, 1.82) is 0 Å². The van der Waals surface area contributed by atoms with Gasteiger partial charge in [-0.25, -0.2) is 13.2 Å². The lowest BCUT2D eigenvalue weighted by Crippen LogP contribution is -2.45. The third-order valence-corrected chi connectivity index (χ3v) is 5.88. The summed E-state index contributed by atoms with van der Waals surface area (Å²) in [6, 6.07) is 7.99. The number of amides is 1. The molecule has 1 aliphatic carbocycles. The Hall–Kier alpha value is -2.82. The minimum atomic E-state index is -2.96. The van der Waals surface area contributed by atoms with Gasteiger partial charge in [0.15, 0.2) is 0 Å². The first-order valence-electron chi connectivity index (χ1n) is 9.81. The Kier molecular flexibility index (Phi) is 5.31. The van der Waals surface area contributed by atoms with Crippen LogP contribution in [0.1, 0.15) is 39.5 Å². The van der Waals surface area contributed by atoms with E-state index in [2.05, 4.69) is 21.0 Å². The molecule has 4 nitrogen and oxygen atoms in total. The number of carbonyl (C=O) groups is 1. The number of piperazine rings is 1. The number of nitrogens with zero attached hydrogens (tertiary/aromatic N) is 2. The van der Waals surface area contributed by atoms with Crippen molar-refractivity contribution in [3.05, 3.63) is 64.5 Å². The van der Waals surface area contributed by atoms with Gasteiger partial charge in [0, 0.05) is 55.5 Å². The van der Waals surface area contributed by atoms with Crippen LogP contribution in [0.25, 0.3) is 0 Å². The van der Waals surface area contributed by atoms with Crippen molar-refractivity contribution in [2.24, 2.45) is 0 Å². The van der Waals surface area contributed by atoms with Crippen molar-refractivity contribution >= 4 is 11.6 Å². The largest absolute Gasteiger partial charge is 0.322 e. The first-order valence-corrected chi connectivity index (χ1v) is 9.81. The summed E-state index contributed by atoms with van der Waals surface area (Å²) in [5, 5.41) is 2.61. The van der Waals surface area contributed by atoms with Crippen LogP contribution in [0.15, 0.2) is 36.4 Å². The lowest BCUT2D eigenvalue weighted by Gasteiger charge is -2.36. The Bertz CT molecular complexity index is 1020. The normalized spacial score (nSPS) is 21.1. The van der Waals surface area contributed by atoms with Gasteiger partial charge in [0.25, 0.3) is 11.8 Å². The van der Waals surface area contributed by atoms with E-state index in [0.717, 1.165) is 32.2 Å². The smallest absolute Gasteiger partial charge is 0.275 e. The van der Waals surface area contributed by atoms with Crippen LogP contribution in [0.4, 0.5) is 18.9 Å². The van der Waals surface area contributed by atoms with Crippen molar-refractivity contribution in [3.63, 3.8) is 0 Å². The van der Waals surface area contributed by atoms with Crippen LogP contribution in [0, 0.1) is 18.2 Å². The molecule has 2 aliphatic rings. The van der Waals surface area contributed by atoms with E-state index in [9.17, 15) is 18.0 Å². The number of halogens is 3. The number of fused-ring (bicyclic) bond motifs is 1. The van der Waals surface area contributed by atoms with Crippen molar-refractivity contribution in [3.8, 4) is 12.3 Å². The van der Waals surface area contributed by atoms with Gasteiger partial charge >= 0.3 is 0 Å². The Morgan fingerprint density at radius 2 is 1.90 bits per heavy atom. The fraction of sp³-hybridized carbons (Fsp3) is 0.348. The van der Waals surface area contributed by atoms with E-state index in [4.69, 9.17) is 6.42 Å². The van der Waals surface area contributed by atoms with Crippen molar-refractivity contribution in [1.82, 2.24) is 9.80 Å². The number of likely N-dealkylation sites (N-methyl/N-ethyl adjacent to an activating group) is 1. The molecule has 2 aromatic carbocycles. The molecular weight excluding hydrogens is 391 g/mol. The quantitative estimate of drug-likeness (QED) is 0.777. The first kappa shape index (κ1) is 20.5. The maximum atomic E-state index is 14.8. The molecule has 1 saturated heterocycles. The monoisotopic (exact) mass is 413 g/mol. The van der Waals surface area contributed by atoms with E-state index >= 15 is 0 Å². The summed E-state index contributed by atoms with van der Waals surface area (Å²) < 4.78 is 43.1. The fourth-order valence-electron chi connectivity index (χ4n) is 4.14. The van der Waals surface area contributed by atoms with Gasteiger partial charge in [-0.3, -0.25) is 9.69 Å². The highest BCUT2D eigenvalue weighted by molar-refractivity contribution is 6.04. The Morgan fingerprint density at radius 1 is 1.17 bits per heavy atom. The fourth-order valence-corrected chi connectivity index (χ4v) is 4.14. The van der Waals surface area contributed by atoms with E-state index in [1.54, 1.807) is 12.1 Å². The van der Waals surface area contributed by atoms with Crippen LogP contribution in [-0.2, 0) is 5.92 Å². The molecule has 0 bridgehead atoms. The Labute approximate surface area is 173 Å². The second kappa shape index (κ2) is 7.78. The average molecular weight is 413 g/mol. The zero-order chi connectivity index (χ0) is 21.5. The number of rotatable bonds is 3. The summed E-state index contributed by atoms with van der Waals surface area (Å²) in [7, 11) is 2.02. The summed E-state index contributed by atoms with van der Waals surface area (Å²) in [6.45, 7) is 3.19. The van der Waals surface area contributed by atoms with Crippen LogP contribution in [0.2, 0.25) is 0 Å². The predicted octanol–water partition coefficient (Wildman–Crippen LogP) is 3.84. The predicted molar refractivity (Wildman–Crippen MR) is 109 cm³/mol. The molecule has 156 valence electrons. The van der Waals surface area contributed by atoms with Crippen LogP contribution in [0.5, 0.6) is 0 Å². The van der Waals surface area contributed by atoms with Crippen LogP contribution < -0.4 is 5.32 Å². The molecule has 4 rings (SSSR count). The SMILES string of the molecule is C#Cc1cc(C(=O)Nc2ccc3c(c2)C(F)(F)CC3N2CCN(C)CC2)ccc1F. The lowest BCUT2D eigenvalue weighted by atomic mass is 10.0. The minimum absolute atomic E-state index is 0.0295. The van der Waals surface area contributed by atoms with Gasteiger partial charge in [0.05, 0.1) is 5.56 Å². The van der Waals surface area contributed by atoms with Gasteiger partial charge in [0.1, 0.15) is 5.82 Å². The molecule has 7 heteroatoms. The number of alkyl halides is 2. The van der Waals surface area contributed by atoms with Crippen molar-refractivity contribution in [2.75, 3.05) is 38.5 Å². The van der Waals surface area contributed by atoms with Crippen LogP contribution in [-0.4, -0.2) is 48.9 Å². The number of anilines is 1. The number of carbonyl (C=O) groups excluding carboxylic acids is 1. The van der Waals surface area contributed by atoms with Gasteiger partial charge in [0.2, 0.25) is 0 Å². The standard InChI is InChI=1S/C23H22F3N3O/c1-3-15-12-16(4-7-20(15)24)22(30)27-17-5-6-18-19(13-17)23(25,26)14-21(18)29-10-8-28(2)9-11-29/h1,4-7,12-13,21H,8-11,14H2,2H3,(H,27,30). The molecule has 1 heterocycles. The van der Waals surface area contributed by atoms with Gasteiger partial charge < -0.3 is 10.2 Å². The van der Waals surface area contributed by atoms with Gasteiger partial charge in [-0.05, 0) is 42.9 Å². The topological polar surface area (TPSA) is 35.6 Å².